The van der Waals surface area contributed by atoms with E-state index in [2.05, 4.69) is 37.8 Å². The van der Waals surface area contributed by atoms with Crippen molar-refractivity contribution in [3.05, 3.63) is 69.1 Å². The molecule has 0 aliphatic carbocycles. The van der Waals surface area contributed by atoms with Crippen molar-refractivity contribution in [2.75, 3.05) is 26.2 Å². The quantitative estimate of drug-likeness (QED) is 0.619. The summed E-state index contributed by atoms with van der Waals surface area (Å²) in [6.07, 6.45) is 3.61. The third-order valence-corrected chi connectivity index (χ3v) is 7.36. The van der Waals surface area contributed by atoms with Crippen LogP contribution in [0.3, 0.4) is 0 Å². The van der Waals surface area contributed by atoms with Crippen molar-refractivity contribution in [1.29, 1.82) is 0 Å². The smallest absolute Gasteiger partial charge is 0.290 e. The predicted octanol–water partition coefficient (Wildman–Crippen LogP) is 5.11. The predicted molar refractivity (Wildman–Crippen MR) is 128 cm³/mol. The molecule has 2 aliphatic heterocycles. The molecule has 1 N–H and O–H groups in total. The van der Waals surface area contributed by atoms with Crippen LogP contribution in [0.5, 0.6) is 0 Å². The van der Waals surface area contributed by atoms with Crippen molar-refractivity contribution in [1.82, 2.24) is 9.80 Å². The maximum Gasteiger partial charge on any atom is 0.290 e. The van der Waals surface area contributed by atoms with Crippen LogP contribution in [0, 0.1) is 0 Å². The first-order chi connectivity index (χ1) is 15.3. The Morgan fingerprint density at radius 1 is 1.06 bits per heavy atom. The van der Waals surface area contributed by atoms with Crippen molar-refractivity contribution in [3.63, 3.8) is 0 Å². The van der Waals surface area contributed by atoms with E-state index in [1.165, 1.54) is 36.2 Å². The molecule has 1 saturated heterocycles. The number of likely N-dealkylation sites (tertiary alicyclic amines) is 1. The SMILES string of the molecule is CC(C)(C)c1ccc(C2C(C(=O)c3cccs3)=C(O)C(=O)N2CCN2CCCCC2)cc1. The van der Waals surface area contributed by atoms with Crippen molar-refractivity contribution >= 4 is 23.0 Å². The van der Waals surface area contributed by atoms with Gasteiger partial charge in [-0.25, -0.2) is 0 Å². The van der Waals surface area contributed by atoms with Gasteiger partial charge in [0.25, 0.3) is 5.91 Å². The normalized spacial score (nSPS) is 20.3. The minimum absolute atomic E-state index is 0.00553. The molecule has 1 amide bonds. The Balaban J connectivity index is 1.67. The summed E-state index contributed by atoms with van der Waals surface area (Å²) in [5.74, 6) is -1.13. The Kier molecular flexibility index (Phi) is 6.54. The van der Waals surface area contributed by atoms with Gasteiger partial charge in [0, 0.05) is 13.1 Å². The van der Waals surface area contributed by atoms with E-state index in [0.29, 0.717) is 11.4 Å². The summed E-state index contributed by atoms with van der Waals surface area (Å²) in [6.45, 7) is 9.77. The molecule has 3 heterocycles. The highest BCUT2D eigenvalue weighted by Gasteiger charge is 2.44. The van der Waals surface area contributed by atoms with Crippen molar-refractivity contribution in [3.8, 4) is 0 Å². The zero-order valence-corrected chi connectivity index (χ0v) is 20.0. The van der Waals surface area contributed by atoms with Crippen LogP contribution in [0.15, 0.2) is 53.1 Å². The van der Waals surface area contributed by atoms with Gasteiger partial charge in [0.15, 0.2) is 5.76 Å². The molecule has 0 bridgehead atoms. The number of aliphatic hydroxyl groups excluding tert-OH is 1. The summed E-state index contributed by atoms with van der Waals surface area (Å²) in [7, 11) is 0. The minimum Gasteiger partial charge on any atom is -0.503 e. The molecule has 1 aromatic carbocycles. The number of carbonyl (C=O) groups excluding carboxylic acids is 2. The molecule has 170 valence electrons. The molecule has 2 aromatic rings. The number of benzene rings is 1. The Labute approximate surface area is 194 Å². The first kappa shape index (κ1) is 22.7. The number of rotatable bonds is 6. The fraction of sp³-hybridized carbons (Fsp3) is 0.462. The topological polar surface area (TPSA) is 60.9 Å². The summed E-state index contributed by atoms with van der Waals surface area (Å²) in [4.78, 5) is 31.0. The zero-order chi connectivity index (χ0) is 22.9. The second-order valence-electron chi connectivity index (χ2n) is 9.74. The summed E-state index contributed by atoms with van der Waals surface area (Å²) in [5, 5.41) is 12.6. The largest absolute Gasteiger partial charge is 0.503 e. The van der Waals surface area contributed by atoms with Crippen LogP contribution < -0.4 is 0 Å². The number of aliphatic hydroxyl groups is 1. The summed E-state index contributed by atoms with van der Waals surface area (Å²) < 4.78 is 0. The fourth-order valence-corrected chi connectivity index (χ4v) is 5.28. The molecule has 6 heteroatoms. The lowest BCUT2D eigenvalue weighted by atomic mass is 9.85. The number of hydrogen-bond acceptors (Lipinski definition) is 5. The van der Waals surface area contributed by atoms with Gasteiger partial charge in [0.2, 0.25) is 5.78 Å². The summed E-state index contributed by atoms with van der Waals surface area (Å²) >= 11 is 1.33. The Hall–Kier alpha value is -2.44. The number of carbonyl (C=O) groups is 2. The zero-order valence-electron chi connectivity index (χ0n) is 19.1. The molecular formula is C26H32N2O3S. The monoisotopic (exact) mass is 452 g/mol. The molecule has 1 fully saturated rings. The van der Waals surface area contributed by atoms with E-state index in [9.17, 15) is 14.7 Å². The Morgan fingerprint density at radius 3 is 2.34 bits per heavy atom. The van der Waals surface area contributed by atoms with Gasteiger partial charge in [-0.15, -0.1) is 11.3 Å². The minimum atomic E-state index is -0.573. The number of nitrogens with zero attached hydrogens (tertiary/aromatic N) is 2. The van der Waals surface area contributed by atoms with Gasteiger partial charge < -0.3 is 14.9 Å². The van der Waals surface area contributed by atoms with E-state index in [1.54, 1.807) is 11.0 Å². The second-order valence-corrected chi connectivity index (χ2v) is 10.7. The average molecular weight is 453 g/mol. The molecule has 0 saturated carbocycles. The Bertz CT molecular complexity index is 997. The highest BCUT2D eigenvalue weighted by molar-refractivity contribution is 7.12. The molecule has 0 spiro atoms. The molecule has 4 rings (SSSR count). The first-order valence-corrected chi connectivity index (χ1v) is 12.3. The molecular weight excluding hydrogens is 420 g/mol. The van der Waals surface area contributed by atoms with Crippen LogP contribution in [-0.4, -0.2) is 52.8 Å². The highest BCUT2D eigenvalue weighted by Crippen LogP contribution is 2.40. The molecule has 32 heavy (non-hydrogen) atoms. The van der Waals surface area contributed by atoms with Crippen molar-refractivity contribution < 1.29 is 14.7 Å². The number of amides is 1. The third kappa shape index (κ3) is 4.52. The number of Topliss-reactive ketones (excluding diaryl/α,β-unsaturated/α-hetero) is 1. The highest BCUT2D eigenvalue weighted by atomic mass is 32.1. The van der Waals surface area contributed by atoms with Gasteiger partial charge in [-0.05, 0) is 53.9 Å². The first-order valence-electron chi connectivity index (χ1n) is 11.4. The Morgan fingerprint density at radius 2 is 1.75 bits per heavy atom. The van der Waals surface area contributed by atoms with Gasteiger partial charge in [0.05, 0.1) is 16.5 Å². The standard InChI is InChI=1S/C26H32N2O3S/c1-26(2,3)19-11-9-18(10-12-19)22-21(23(29)20-8-7-17-32-20)24(30)25(31)28(22)16-15-27-13-5-4-6-14-27/h7-12,17,22,30H,4-6,13-16H2,1-3H3. The van der Waals surface area contributed by atoms with Crippen LogP contribution in [-0.2, 0) is 10.2 Å². The number of thiophene rings is 1. The van der Waals surface area contributed by atoms with E-state index < -0.39 is 17.7 Å². The fourth-order valence-electron chi connectivity index (χ4n) is 4.60. The molecule has 1 atom stereocenters. The molecule has 1 unspecified atom stereocenters. The maximum atomic E-state index is 13.3. The lowest BCUT2D eigenvalue weighted by Gasteiger charge is -2.32. The van der Waals surface area contributed by atoms with Gasteiger partial charge in [-0.2, -0.15) is 0 Å². The van der Waals surface area contributed by atoms with Crippen LogP contribution in [0.1, 0.15) is 66.9 Å². The van der Waals surface area contributed by atoms with E-state index in [1.807, 2.05) is 23.6 Å². The molecule has 2 aliphatic rings. The van der Waals surface area contributed by atoms with Crippen molar-refractivity contribution in [2.45, 2.75) is 51.5 Å². The van der Waals surface area contributed by atoms with Gasteiger partial charge in [0.1, 0.15) is 0 Å². The maximum absolute atomic E-state index is 13.3. The number of ketones is 1. The van der Waals surface area contributed by atoms with Crippen LogP contribution >= 0.6 is 11.3 Å². The summed E-state index contributed by atoms with van der Waals surface area (Å²) in [5.41, 5.74) is 2.24. The molecule has 0 radical (unpaired) electrons. The number of hydrogen-bond donors (Lipinski definition) is 1. The molecule has 5 nitrogen and oxygen atoms in total. The van der Waals surface area contributed by atoms with Crippen molar-refractivity contribution in [2.24, 2.45) is 0 Å². The van der Waals surface area contributed by atoms with E-state index in [4.69, 9.17) is 0 Å². The van der Waals surface area contributed by atoms with Gasteiger partial charge in [-0.1, -0.05) is 57.5 Å². The number of piperidine rings is 1. The summed E-state index contributed by atoms with van der Waals surface area (Å²) in [6, 6.07) is 11.1. The van der Waals surface area contributed by atoms with Gasteiger partial charge >= 0.3 is 0 Å². The van der Waals surface area contributed by atoms with Crippen LogP contribution in [0.4, 0.5) is 0 Å². The van der Waals surface area contributed by atoms with E-state index in [-0.39, 0.29) is 16.8 Å². The van der Waals surface area contributed by atoms with E-state index >= 15 is 0 Å². The lowest BCUT2D eigenvalue weighted by molar-refractivity contribution is -0.129. The third-order valence-electron chi connectivity index (χ3n) is 6.49. The molecule has 1 aromatic heterocycles. The van der Waals surface area contributed by atoms with Gasteiger partial charge in [-0.3, -0.25) is 9.59 Å². The average Bonchev–Trinajstić information content (AvgIpc) is 3.40. The van der Waals surface area contributed by atoms with E-state index in [0.717, 1.165) is 25.2 Å². The van der Waals surface area contributed by atoms with Crippen LogP contribution in [0.25, 0.3) is 0 Å². The second kappa shape index (κ2) is 9.20. The lowest BCUT2D eigenvalue weighted by Crippen LogP contribution is -2.40. The van der Waals surface area contributed by atoms with Crippen LogP contribution in [0.2, 0.25) is 0 Å².